The molecule has 102 valence electrons. The lowest BCUT2D eigenvalue weighted by molar-refractivity contribution is 0.0305. The Kier molecular flexibility index (Phi) is 3.41. The summed E-state index contributed by atoms with van der Waals surface area (Å²) < 4.78 is 5.87. The number of ether oxygens (including phenoxy) is 1. The second kappa shape index (κ2) is 5.06. The van der Waals surface area contributed by atoms with Crippen molar-refractivity contribution in [2.75, 3.05) is 24.2 Å². The molecule has 2 fully saturated rings. The summed E-state index contributed by atoms with van der Waals surface area (Å²) in [4.78, 5) is 3.41. The van der Waals surface area contributed by atoms with Crippen molar-refractivity contribution in [3.63, 3.8) is 0 Å². The van der Waals surface area contributed by atoms with Gasteiger partial charge >= 0.3 is 0 Å². The zero-order valence-electron chi connectivity index (χ0n) is 11.1. The number of morpholine rings is 1. The molecule has 2 aliphatic rings. The highest BCUT2D eigenvalue weighted by atomic mass is 32.2. The maximum atomic E-state index is 7.86. The number of nitrogens with one attached hydrogen (secondary N) is 1. The molecule has 3 N–H and O–H groups in total. The van der Waals surface area contributed by atoms with Crippen molar-refractivity contribution in [3.05, 3.63) is 23.8 Å². The van der Waals surface area contributed by atoms with Crippen molar-refractivity contribution in [3.8, 4) is 0 Å². The van der Waals surface area contributed by atoms with E-state index in [-0.39, 0.29) is 5.84 Å². The van der Waals surface area contributed by atoms with E-state index in [1.54, 1.807) is 11.8 Å². The molecule has 0 saturated carbocycles. The molecule has 1 aromatic rings. The van der Waals surface area contributed by atoms with E-state index in [0.29, 0.717) is 12.2 Å². The first-order valence-corrected chi connectivity index (χ1v) is 7.83. The molecule has 19 heavy (non-hydrogen) atoms. The van der Waals surface area contributed by atoms with E-state index in [1.165, 1.54) is 0 Å². The minimum atomic E-state index is 0.152. The summed E-state index contributed by atoms with van der Waals surface area (Å²) in [6.07, 6.45) is 5.01. The minimum Gasteiger partial charge on any atom is -0.384 e. The number of fused-ring (bicyclic) bond motifs is 2. The van der Waals surface area contributed by atoms with Crippen LogP contribution >= 0.6 is 11.8 Å². The zero-order chi connectivity index (χ0) is 13.4. The van der Waals surface area contributed by atoms with Gasteiger partial charge in [0.25, 0.3) is 0 Å². The number of thioether (sulfide) groups is 1. The molecule has 4 nitrogen and oxygen atoms in total. The van der Waals surface area contributed by atoms with Gasteiger partial charge in [0.2, 0.25) is 0 Å². The quantitative estimate of drug-likeness (QED) is 0.504. The third-order valence-electron chi connectivity index (χ3n) is 3.88. The first kappa shape index (κ1) is 12.8. The average Bonchev–Trinajstić information content (AvgIpc) is 2.76. The van der Waals surface area contributed by atoms with Crippen LogP contribution < -0.4 is 10.6 Å². The summed E-state index contributed by atoms with van der Waals surface area (Å²) >= 11 is 1.64. The molecular formula is C14H19N3OS. The van der Waals surface area contributed by atoms with E-state index in [9.17, 15) is 0 Å². The van der Waals surface area contributed by atoms with Gasteiger partial charge in [-0.1, -0.05) is 6.07 Å². The summed E-state index contributed by atoms with van der Waals surface area (Å²) in [5, 5.41) is 7.86. The minimum absolute atomic E-state index is 0.152. The number of nitrogens with two attached hydrogens (primary N) is 1. The van der Waals surface area contributed by atoms with Crippen LogP contribution in [0.15, 0.2) is 23.1 Å². The van der Waals surface area contributed by atoms with Crippen LogP contribution in [0.2, 0.25) is 0 Å². The fourth-order valence-corrected chi connectivity index (χ4v) is 3.67. The Bertz CT molecular complexity index is 493. The highest BCUT2D eigenvalue weighted by Crippen LogP contribution is 2.34. The second-order valence-electron chi connectivity index (χ2n) is 5.13. The number of anilines is 1. The molecular weight excluding hydrogens is 258 g/mol. The molecule has 0 radical (unpaired) electrons. The maximum absolute atomic E-state index is 7.86. The molecule has 0 aromatic heterocycles. The maximum Gasteiger partial charge on any atom is 0.126 e. The third kappa shape index (κ3) is 2.32. The molecule has 0 spiro atoms. The summed E-state index contributed by atoms with van der Waals surface area (Å²) in [5.41, 5.74) is 7.75. The molecule has 2 heterocycles. The van der Waals surface area contributed by atoms with Crippen molar-refractivity contribution in [2.24, 2.45) is 5.73 Å². The Hall–Kier alpha value is -1.20. The smallest absolute Gasteiger partial charge is 0.126 e. The lowest BCUT2D eigenvalue weighted by Crippen LogP contribution is -2.43. The lowest BCUT2D eigenvalue weighted by atomic mass is 10.1. The van der Waals surface area contributed by atoms with E-state index >= 15 is 0 Å². The van der Waals surface area contributed by atoms with E-state index in [2.05, 4.69) is 11.0 Å². The van der Waals surface area contributed by atoms with Crippen molar-refractivity contribution in [2.45, 2.75) is 29.9 Å². The van der Waals surface area contributed by atoms with Crippen LogP contribution in [0, 0.1) is 5.41 Å². The van der Waals surface area contributed by atoms with Crippen LogP contribution in [0.5, 0.6) is 0 Å². The summed E-state index contributed by atoms with van der Waals surface area (Å²) in [5.74, 6) is 0.152. The summed E-state index contributed by atoms with van der Waals surface area (Å²) in [7, 11) is 0. The largest absolute Gasteiger partial charge is 0.384 e. The normalized spacial score (nSPS) is 25.6. The highest BCUT2D eigenvalue weighted by Gasteiger charge is 2.34. The van der Waals surface area contributed by atoms with Gasteiger partial charge in [-0.3, -0.25) is 5.41 Å². The molecule has 1 aromatic carbocycles. The Morgan fingerprint density at radius 2 is 2.05 bits per heavy atom. The molecule has 2 atom stereocenters. The summed E-state index contributed by atoms with van der Waals surface area (Å²) in [6.45, 7) is 1.82. The molecule has 2 bridgehead atoms. The number of hydrogen-bond donors (Lipinski definition) is 2. The Morgan fingerprint density at radius 1 is 1.37 bits per heavy atom. The molecule has 2 saturated heterocycles. The highest BCUT2D eigenvalue weighted by molar-refractivity contribution is 7.98. The number of benzene rings is 1. The van der Waals surface area contributed by atoms with Gasteiger partial charge in [-0.2, -0.15) is 0 Å². The van der Waals surface area contributed by atoms with Crippen LogP contribution in [-0.4, -0.2) is 37.4 Å². The molecule has 0 aliphatic carbocycles. The number of amidine groups is 1. The average molecular weight is 277 g/mol. The third-order valence-corrected chi connectivity index (χ3v) is 4.66. The van der Waals surface area contributed by atoms with Crippen molar-refractivity contribution in [1.82, 2.24) is 0 Å². The van der Waals surface area contributed by atoms with Gasteiger partial charge in [0.05, 0.1) is 17.8 Å². The zero-order valence-corrected chi connectivity index (χ0v) is 11.9. The topological polar surface area (TPSA) is 62.3 Å². The lowest BCUT2D eigenvalue weighted by Gasteiger charge is -2.35. The van der Waals surface area contributed by atoms with E-state index < -0.39 is 0 Å². The first-order valence-electron chi connectivity index (χ1n) is 6.61. The van der Waals surface area contributed by atoms with Gasteiger partial charge in [-0.15, -0.1) is 11.8 Å². The number of nitrogens with zero attached hydrogens (tertiary/aromatic N) is 1. The van der Waals surface area contributed by atoms with Crippen molar-refractivity contribution in [1.29, 1.82) is 5.41 Å². The molecule has 2 unspecified atom stereocenters. The van der Waals surface area contributed by atoms with Crippen LogP contribution in [-0.2, 0) is 4.74 Å². The number of hydrogen-bond acceptors (Lipinski definition) is 4. The second-order valence-corrected chi connectivity index (χ2v) is 5.98. The van der Waals surface area contributed by atoms with E-state index in [1.807, 2.05) is 18.4 Å². The first-order chi connectivity index (χ1) is 9.19. The van der Waals surface area contributed by atoms with Crippen LogP contribution in [0.1, 0.15) is 18.4 Å². The fourth-order valence-electron chi connectivity index (χ4n) is 3.04. The number of rotatable bonds is 3. The molecule has 5 heteroatoms. The Labute approximate surface area is 117 Å². The predicted molar refractivity (Wildman–Crippen MR) is 79.3 cm³/mol. The SMILES string of the molecule is CSc1cccc(N2CC3CCC(C2)O3)c1C(=N)N. The van der Waals surface area contributed by atoms with Crippen LogP contribution in [0.4, 0.5) is 5.69 Å². The fraction of sp³-hybridized carbons (Fsp3) is 0.500. The van der Waals surface area contributed by atoms with Crippen molar-refractivity contribution < 1.29 is 4.74 Å². The molecule has 2 aliphatic heterocycles. The van der Waals surface area contributed by atoms with Gasteiger partial charge in [-0.25, -0.2) is 0 Å². The van der Waals surface area contributed by atoms with Gasteiger partial charge in [0.1, 0.15) is 5.84 Å². The standard InChI is InChI=1S/C14H19N3OS/c1-19-12-4-2-3-11(13(12)14(15)16)17-7-9-5-6-10(8-17)18-9/h2-4,9-10H,5-8H2,1H3,(H3,15,16). The van der Waals surface area contributed by atoms with Crippen molar-refractivity contribution >= 4 is 23.3 Å². The van der Waals surface area contributed by atoms with Gasteiger partial charge in [0.15, 0.2) is 0 Å². The monoisotopic (exact) mass is 277 g/mol. The Morgan fingerprint density at radius 3 is 2.63 bits per heavy atom. The molecule has 0 amide bonds. The van der Waals surface area contributed by atoms with E-state index in [0.717, 1.165) is 42.1 Å². The van der Waals surface area contributed by atoms with Gasteiger partial charge in [-0.05, 0) is 31.2 Å². The number of nitrogen functional groups attached to an aromatic ring is 1. The Balaban J connectivity index is 1.98. The predicted octanol–water partition coefficient (Wildman–Crippen LogP) is 2.06. The van der Waals surface area contributed by atoms with E-state index in [4.69, 9.17) is 15.9 Å². The van der Waals surface area contributed by atoms with Crippen LogP contribution in [0.3, 0.4) is 0 Å². The van der Waals surface area contributed by atoms with Crippen LogP contribution in [0.25, 0.3) is 0 Å². The van der Waals surface area contributed by atoms with Gasteiger partial charge < -0.3 is 15.4 Å². The van der Waals surface area contributed by atoms with Gasteiger partial charge in [0, 0.05) is 23.7 Å². The molecule has 3 rings (SSSR count). The summed E-state index contributed by atoms with van der Waals surface area (Å²) in [6, 6.07) is 6.14.